The van der Waals surface area contributed by atoms with Crippen LogP contribution in [0, 0.1) is 0 Å². The van der Waals surface area contributed by atoms with Gasteiger partial charge in [-0.1, -0.05) is 17.7 Å². The Morgan fingerprint density at radius 3 is 2.48 bits per heavy atom. The molecule has 2 aromatic rings. The summed E-state index contributed by atoms with van der Waals surface area (Å²) in [5.74, 6) is 0.516. The first-order valence-electron chi connectivity index (χ1n) is 6.49. The molecule has 0 fully saturated rings. The van der Waals surface area contributed by atoms with Gasteiger partial charge in [0.15, 0.2) is 0 Å². The molecular weight excluding hydrogens is 354 g/mol. The highest BCUT2D eigenvalue weighted by Gasteiger charge is 2.12. The molecular formula is C16H15BrClNO2. The molecule has 0 atom stereocenters. The van der Waals surface area contributed by atoms with Crippen LogP contribution in [-0.2, 0) is 0 Å². The van der Waals surface area contributed by atoms with E-state index in [1.165, 1.54) is 0 Å². The summed E-state index contributed by atoms with van der Waals surface area (Å²) in [5.41, 5.74) is 1.11. The lowest BCUT2D eigenvalue weighted by atomic mass is 10.2. The minimum Gasteiger partial charge on any atom is -0.491 e. The zero-order valence-corrected chi connectivity index (χ0v) is 14.0. The molecule has 0 radical (unpaired) electrons. The standard InChI is InChI=1S/C16H15BrClNO2/c1-10(2)21-12-8-6-11(7-9-12)19-16(20)13-4-3-5-14(17)15(13)18/h3-10H,1-2H3,(H,19,20). The molecule has 1 N–H and O–H groups in total. The molecule has 0 aliphatic carbocycles. The van der Waals surface area contributed by atoms with E-state index < -0.39 is 0 Å². The van der Waals surface area contributed by atoms with Gasteiger partial charge in [-0.25, -0.2) is 0 Å². The maximum absolute atomic E-state index is 12.2. The van der Waals surface area contributed by atoms with Crippen LogP contribution in [0.1, 0.15) is 24.2 Å². The van der Waals surface area contributed by atoms with Gasteiger partial charge in [0.25, 0.3) is 5.91 Å². The summed E-state index contributed by atoms with van der Waals surface area (Å²) >= 11 is 9.41. The maximum atomic E-state index is 12.2. The smallest absolute Gasteiger partial charge is 0.257 e. The molecule has 21 heavy (non-hydrogen) atoms. The highest BCUT2D eigenvalue weighted by molar-refractivity contribution is 9.10. The molecule has 0 bridgehead atoms. The Labute approximate surface area is 137 Å². The average Bonchev–Trinajstić information content (AvgIpc) is 2.43. The number of hydrogen-bond acceptors (Lipinski definition) is 2. The summed E-state index contributed by atoms with van der Waals surface area (Å²) in [6, 6.07) is 12.5. The van der Waals surface area contributed by atoms with E-state index in [1.54, 1.807) is 30.3 Å². The van der Waals surface area contributed by atoms with Crippen molar-refractivity contribution in [2.45, 2.75) is 20.0 Å². The van der Waals surface area contributed by atoms with Gasteiger partial charge in [-0.15, -0.1) is 0 Å². The molecule has 0 heterocycles. The SMILES string of the molecule is CC(C)Oc1ccc(NC(=O)c2cccc(Br)c2Cl)cc1. The molecule has 5 heteroatoms. The lowest BCUT2D eigenvalue weighted by Gasteiger charge is -2.11. The largest absolute Gasteiger partial charge is 0.491 e. The number of carbonyl (C=O) groups is 1. The second-order valence-corrected chi connectivity index (χ2v) is 5.98. The topological polar surface area (TPSA) is 38.3 Å². The van der Waals surface area contributed by atoms with Crippen molar-refractivity contribution < 1.29 is 9.53 Å². The van der Waals surface area contributed by atoms with Crippen LogP contribution in [-0.4, -0.2) is 12.0 Å². The summed E-state index contributed by atoms with van der Waals surface area (Å²) in [4.78, 5) is 12.2. The van der Waals surface area contributed by atoms with Gasteiger partial charge in [-0.3, -0.25) is 4.79 Å². The first-order chi connectivity index (χ1) is 9.97. The molecule has 1 amide bonds. The quantitative estimate of drug-likeness (QED) is 0.811. The Hall–Kier alpha value is -1.52. The Bertz CT molecular complexity index is 641. The van der Waals surface area contributed by atoms with Crippen LogP contribution in [0.4, 0.5) is 5.69 Å². The van der Waals surface area contributed by atoms with E-state index in [-0.39, 0.29) is 12.0 Å². The zero-order valence-electron chi connectivity index (χ0n) is 11.7. The maximum Gasteiger partial charge on any atom is 0.257 e. The van der Waals surface area contributed by atoms with Gasteiger partial charge in [-0.2, -0.15) is 0 Å². The third-order valence-corrected chi connectivity index (χ3v) is 3.98. The molecule has 0 saturated heterocycles. The van der Waals surface area contributed by atoms with Gasteiger partial charge < -0.3 is 10.1 Å². The van der Waals surface area contributed by atoms with E-state index in [0.717, 1.165) is 5.75 Å². The van der Waals surface area contributed by atoms with Crippen LogP contribution in [0.5, 0.6) is 5.75 Å². The number of benzene rings is 2. The van der Waals surface area contributed by atoms with Crippen LogP contribution in [0.2, 0.25) is 5.02 Å². The van der Waals surface area contributed by atoms with E-state index in [9.17, 15) is 4.79 Å². The molecule has 110 valence electrons. The molecule has 0 spiro atoms. The number of anilines is 1. The van der Waals surface area contributed by atoms with Gasteiger partial charge in [-0.05, 0) is 66.2 Å². The third kappa shape index (κ3) is 4.22. The first-order valence-corrected chi connectivity index (χ1v) is 7.66. The molecule has 0 aromatic heterocycles. The number of nitrogens with one attached hydrogen (secondary N) is 1. The Balaban J connectivity index is 2.11. The van der Waals surface area contributed by atoms with E-state index in [0.29, 0.717) is 20.7 Å². The second kappa shape index (κ2) is 6.96. The Morgan fingerprint density at radius 1 is 1.19 bits per heavy atom. The highest BCUT2D eigenvalue weighted by Crippen LogP contribution is 2.27. The van der Waals surface area contributed by atoms with Crippen molar-refractivity contribution in [2.75, 3.05) is 5.32 Å². The normalized spacial score (nSPS) is 10.5. The lowest BCUT2D eigenvalue weighted by molar-refractivity contribution is 0.102. The number of amides is 1. The van der Waals surface area contributed by atoms with Crippen molar-refractivity contribution in [3.63, 3.8) is 0 Å². The van der Waals surface area contributed by atoms with Crippen LogP contribution >= 0.6 is 27.5 Å². The number of rotatable bonds is 4. The monoisotopic (exact) mass is 367 g/mol. The van der Waals surface area contributed by atoms with Gasteiger partial charge in [0, 0.05) is 10.2 Å². The summed E-state index contributed by atoms with van der Waals surface area (Å²) in [5, 5.41) is 3.20. The predicted molar refractivity (Wildman–Crippen MR) is 89.3 cm³/mol. The fourth-order valence-electron chi connectivity index (χ4n) is 1.77. The minimum absolute atomic E-state index is 0.117. The van der Waals surface area contributed by atoms with E-state index in [4.69, 9.17) is 16.3 Å². The van der Waals surface area contributed by atoms with Crippen molar-refractivity contribution in [1.29, 1.82) is 0 Å². The molecule has 0 aliphatic rings. The number of carbonyl (C=O) groups excluding carboxylic acids is 1. The van der Waals surface area contributed by atoms with Crippen LogP contribution in [0.25, 0.3) is 0 Å². The first kappa shape index (κ1) is 15.9. The Morgan fingerprint density at radius 2 is 1.86 bits per heavy atom. The summed E-state index contributed by atoms with van der Waals surface area (Å²) in [7, 11) is 0. The van der Waals surface area contributed by atoms with Gasteiger partial charge in [0.1, 0.15) is 5.75 Å². The van der Waals surface area contributed by atoms with Crippen molar-refractivity contribution in [3.8, 4) is 5.75 Å². The molecule has 2 rings (SSSR count). The second-order valence-electron chi connectivity index (χ2n) is 4.75. The summed E-state index contributed by atoms with van der Waals surface area (Å²) in [6.07, 6.45) is 0.117. The lowest BCUT2D eigenvalue weighted by Crippen LogP contribution is -2.12. The Kier molecular flexibility index (Phi) is 5.26. The summed E-state index contributed by atoms with van der Waals surface area (Å²) < 4.78 is 6.25. The fraction of sp³-hybridized carbons (Fsp3) is 0.188. The van der Waals surface area contributed by atoms with Gasteiger partial charge in [0.2, 0.25) is 0 Å². The fourth-order valence-corrected chi connectivity index (χ4v) is 2.34. The van der Waals surface area contributed by atoms with Crippen molar-refractivity contribution >= 4 is 39.1 Å². The molecule has 3 nitrogen and oxygen atoms in total. The van der Waals surface area contributed by atoms with E-state index in [1.807, 2.05) is 26.0 Å². The zero-order chi connectivity index (χ0) is 15.4. The molecule has 0 aliphatic heterocycles. The van der Waals surface area contributed by atoms with Gasteiger partial charge >= 0.3 is 0 Å². The van der Waals surface area contributed by atoms with Crippen LogP contribution in [0.15, 0.2) is 46.9 Å². The molecule has 0 saturated carbocycles. The third-order valence-electron chi connectivity index (χ3n) is 2.68. The van der Waals surface area contributed by atoms with Crippen LogP contribution < -0.4 is 10.1 Å². The number of halogens is 2. The van der Waals surface area contributed by atoms with Crippen molar-refractivity contribution in [1.82, 2.24) is 0 Å². The van der Waals surface area contributed by atoms with Crippen molar-refractivity contribution in [3.05, 3.63) is 57.5 Å². The van der Waals surface area contributed by atoms with E-state index in [2.05, 4.69) is 21.2 Å². The number of hydrogen-bond donors (Lipinski definition) is 1. The van der Waals surface area contributed by atoms with Gasteiger partial charge in [0.05, 0.1) is 16.7 Å². The average molecular weight is 369 g/mol. The van der Waals surface area contributed by atoms with E-state index >= 15 is 0 Å². The van der Waals surface area contributed by atoms with Crippen LogP contribution in [0.3, 0.4) is 0 Å². The number of ether oxygens (including phenoxy) is 1. The molecule has 2 aromatic carbocycles. The summed E-state index contributed by atoms with van der Waals surface area (Å²) in [6.45, 7) is 3.93. The predicted octanol–water partition coefficient (Wildman–Crippen LogP) is 5.14. The highest BCUT2D eigenvalue weighted by atomic mass is 79.9. The minimum atomic E-state index is -0.251. The van der Waals surface area contributed by atoms with Crippen molar-refractivity contribution in [2.24, 2.45) is 0 Å². The molecule has 0 unspecified atom stereocenters.